The number of aryl methyl sites for hydroxylation is 3. The molecular weight excluding hydrogens is 194 g/mol. The lowest BCUT2D eigenvalue weighted by atomic mass is 10.2. The summed E-state index contributed by atoms with van der Waals surface area (Å²) in [6, 6.07) is 2.14. The third kappa shape index (κ3) is 1.96. The monoisotopic (exact) mass is 207 g/mol. The van der Waals surface area contributed by atoms with Gasteiger partial charge in [0.1, 0.15) is 0 Å². The van der Waals surface area contributed by atoms with Gasteiger partial charge in [-0.2, -0.15) is 11.3 Å². The standard InChI is InChI=1S/C10H13N3S/c1-8-6-13(10(11)12-8)4-2-9-3-5-14-7-9/h3,5-7H,2,4H2,1H3,(H2,11,12). The number of anilines is 1. The number of hydrogen-bond donors (Lipinski definition) is 1. The second kappa shape index (κ2) is 3.84. The van der Waals surface area contributed by atoms with Crippen LogP contribution in [0.1, 0.15) is 11.3 Å². The van der Waals surface area contributed by atoms with E-state index in [4.69, 9.17) is 5.73 Å². The molecular formula is C10H13N3S. The predicted molar refractivity (Wildman–Crippen MR) is 59.4 cm³/mol. The van der Waals surface area contributed by atoms with Crippen LogP contribution < -0.4 is 5.73 Å². The van der Waals surface area contributed by atoms with E-state index in [1.165, 1.54) is 5.56 Å². The lowest BCUT2D eigenvalue weighted by Crippen LogP contribution is -2.04. The summed E-state index contributed by atoms with van der Waals surface area (Å²) in [5, 5.41) is 4.26. The van der Waals surface area contributed by atoms with Gasteiger partial charge in [0.05, 0.1) is 5.69 Å². The molecule has 0 bridgehead atoms. The lowest BCUT2D eigenvalue weighted by Gasteiger charge is -2.02. The summed E-state index contributed by atoms with van der Waals surface area (Å²) < 4.78 is 1.99. The van der Waals surface area contributed by atoms with Gasteiger partial charge >= 0.3 is 0 Å². The SMILES string of the molecule is Cc1cn(CCc2ccsc2)c(N)n1. The Hall–Kier alpha value is -1.29. The zero-order valence-electron chi connectivity index (χ0n) is 8.10. The summed E-state index contributed by atoms with van der Waals surface area (Å²) in [5.41, 5.74) is 8.08. The van der Waals surface area contributed by atoms with Crippen LogP contribution in [0.25, 0.3) is 0 Å². The number of thiophene rings is 1. The smallest absolute Gasteiger partial charge is 0.200 e. The molecule has 2 heterocycles. The highest BCUT2D eigenvalue weighted by molar-refractivity contribution is 7.07. The maximum absolute atomic E-state index is 5.74. The summed E-state index contributed by atoms with van der Waals surface area (Å²) in [6.07, 6.45) is 3.01. The van der Waals surface area contributed by atoms with Crippen molar-refractivity contribution in [1.29, 1.82) is 0 Å². The minimum atomic E-state index is 0.609. The molecule has 2 N–H and O–H groups in total. The van der Waals surface area contributed by atoms with Crippen LogP contribution in [-0.4, -0.2) is 9.55 Å². The molecule has 0 atom stereocenters. The van der Waals surface area contributed by atoms with Crippen LogP contribution in [0.3, 0.4) is 0 Å². The fraction of sp³-hybridized carbons (Fsp3) is 0.300. The fourth-order valence-electron chi connectivity index (χ4n) is 1.43. The van der Waals surface area contributed by atoms with Gasteiger partial charge in [0.25, 0.3) is 0 Å². The molecule has 0 amide bonds. The number of imidazole rings is 1. The largest absolute Gasteiger partial charge is 0.369 e. The van der Waals surface area contributed by atoms with E-state index < -0.39 is 0 Å². The van der Waals surface area contributed by atoms with E-state index in [2.05, 4.69) is 21.8 Å². The average Bonchev–Trinajstić information content (AvgIpc) is 2.72. The normalized spacial score (nSPS) is 10.6. The van der Waals surface area contributed by atoms with Gasteiger partial charge in [0.15, 0.2) is 5.95 Å². The average molecular weight is 207 g/mol. The molecule has 0 spiro atoms. The first-order valence-corrected chi connectivity index (χ1v) is 5.50. The number of nitrogens with two attached hydrogens (primary N) is 1. The third-order valence-corrected chi connectivity index (χ3v) is 2.88. The van der Waals surface area contributed by atoms with Crippen molar-refractivity contribution in [3.05, 3.63) is 34.3 Å². The van der Waals surface area contributed by atoms with Gasteiger partial charge in [0.2, 0.25) is 0 Å². The fourth-order valence-corrected chi connectivity index (χ4v) is 2.13. The van der Waals surface area contributed by atoms with Crippen LogP contribution >= 0.6 is 11.3 Å². The molecule has 0 saturated heterocycles. The Balaban J connectivity index is 2.01. The molecule has 0 radical (unpaired) electrons. The maximum Gasteiger partial charge on any atom is 0.200 e. The molecule has 14 heavy (non-hydrogen) atoms. The summed E-state index contributed by atoms with van der Waals surface area (Å²) in [4.78, 5) is 4.15. The van der Waals surface area contributed by atoms with Crippen LogP contribution in [0, 0.1) is 6.92 Å². The minimum absolute atomic E-state index is 0.609. The highest BCUT2D eigenvalue weighted by atomic mass is 32.1. The topological polar surface area (TPSA) is 43.8 Å². The van der Waals surface area contributed by atoms with Gasteiger partial charge in [0, 0.05) is 12.7 Å². The molecule has 74 valence electrons. The minimum Gasteiger partial charge on any atom is -0.369 e. The molecule has 0 unspecified atom stereocenters. The van der Waals surface area contributed by atoms with Crippen LogP contribution in [0.2, 0.25) is 0 Å². The van der Waals surface area contributed by atoms with E-state index in [-0.39, 0.29) is 0 Å². The van der Waals surface area contributed by atoms with Crippen LogP contribution in [-0.2, 0) is 13.0 Å². The summed E-state index contributed by atoms with van der Waals surface area (Å²) in [6.45, 7) is 2.86. The second-order valence-electron chi connectivity index (χ2n) is 3.32. The summed E-state index contributed by atoms with van der Waals surface area (Å²) >= 11 is 1.73. The number of nitrogens with zero attached hydrogens (tertiary/aromatic N) is 2. The van der Waals surface area contributed by atoms with E-state index >= 15 is 0 Å². The van der Waals surface area contributed by atoms with Crippen molar-refractivity contribution in [3.8, 4) is 0 Å². The Labute approximate surface area is 87.2 Å². The molecule has 0 aromatic carbocycles. The Bertz CT molecular complexity index is 403. The van der Waals surface area contributed by atoms with E-state index in [1.807, 2.05) is 17.7 Å². The first-order chi connectivity index (χ1) is 6.75. The van der Waals surface area contributed by atoms with Crippen molar-refractivity contribution < 1.29 is 0 Å². The maximum atomic E-state index is 5.74. The van der Waals surface area contributed by atoms with Crippen molar-refractivity contribution in [2.45, 2.75) is 19.9 Å². The number of aromatic nitrogens is 2. The van der Waals surface area contributed by atoms with Gasteiger partial charge in [-0.3, -0.25) is 0 Å². The molecule has 2 aromatic rings. The Morgan fingerprint density at radius 2 is 2.43 bits per heavy atom. The number of hydrogen-bond acceptors (Lipinski definition) is 3. The van der Waals surface area contributed by atoms with Crippen LogP contribution in [0.4, 0.5) is 5.95 Å². The van der Waals surface area contributed by atoms with Gasteiger partial charge in [-0.15, -0.1) is 0 Å². The van der Waals surface area contributed by atoms with Crippen LogP contribution in [0.5, 0.6) is 0 Å². The molecule has 2 rings (SSSR count). The molecule has 4 heteroatoms. The molecule has 3 nitrogen and oxygen atoms in total. The van der Waals surface area contributed by atoms with Crippen molar-refractivity contribution >= 4 is 17.3 Å². The first kappa shape index (κ1) is 9.27. The second-order valence-corrected chi connectivity index (χ2v) is 4.10. The zero-order valence-corrected chi connectivity index (χ0v) is 8.92. The predicted octanol–water partition coefficient (Wildman–Crippen LogP) is 2.08. The van der Waals surface area contributed by atoms with Crippen LogP contribution in [0.15, 0.2) is 23.0 Å². The quantitative estimate of drug-likeness (QED) is 0.837. The van der Waals surface area contributed by atoms with E-state index in [1.54, 1.807) is 11.3 Å². The van der Waals surface area contributed by atoms with Gasteiger partial charge in [-0.25, -0.2) is 4.98 Å². The van der Waals surface area contributed by atoms with Crippen molar-refractivity contribution in [2.24, 2.45) is 0 Å². The molecule has 0 aliphatic carbocycles. The van der Waals surface area contributed by atoms with Crippen molar-refractivity contribution in [3.63, 3.8) is 0 Å². The number of rotatable bonds is 3. The molecule has 0 fully saturated rings. The highest BCUT2D eigenvalue weighted by Crippen LogP contribution is 2.10. The Morgan fingerprint density at radius 1 is 1.57 bits per heavy atom. The summed E-state index contributed by atoms with van der Waals surface area (Å²) in [7, 11) is 0. The summed E-state index contributed by atoms with van der Waals surface area (Å²) in [5.74, 6) is 0.609. The Kier molecular flexibility index (Phi) is 2.54. The van der Waals surface area contributed by atoms with Crippen molar-refractivity contribution in [1.82, 2.24) is 9.55 Å². The van der Waals surface area contributed by atoms with E-state index in [0.29, 0.717) is 5.95 Å². The van der Waals surface area contributed by atoms with Gasteiger partial charge in [-0.05, 0) is 35.7 Å². The zero-order chi connectivity index (χ0) is 9.97. The van der Waals surface area contributed by atoms with E-state index in [0.717, 1.165) is 18.7 Å². The van der Waals surface area contributed by atoms with Crippen molar-refractivity contribution in [2.75, 3.05) is 5.73 Å². The number of nitrogen functional groups attached to an aromatic ring is 1. The van der Waals surface area contributed by atoms with Gasteiger partial charge < -0.3 is 10.3 Å². The first-order valence-electron chi connectivity index (χ1n) is 4.56. The third-order valence-electron chi connectivity index (χ3n) is 2.15. The molecule has 0 aliphatic rings. The molecule has 0 saturated carbocycles. The lowest BCUT2D eigenvalue weighted by molar-refractivity contribution is 0.706. The molecule has 2 aromatic heterocycles. The molecule has 0 aliphatic heterocycles. The van der Waals surface area contributed by atoms with Gasteiger partial charge in [-0.1, -0.05) is 0 Å². The highest BCUT2D eigenvalue weighted by Gasteiger charge is 2.01. The van der Waals surface area contributed by atoms with E-state index in [9.17, 15) is 0 Å². The Morgan fingerprint density at radius 3 is 3.00 bits per heavy atom.